The summed E-state index contributed by atoms with van der Waals surface area (Å²) in [5.74, 6) is 1.51. The zero-order chi connectivity index (χ0) is 20.8. The third-order valence-corrected chi connectivity index (χ3v) is 5.00. The van der Waals surface area contributed by atoms with Gasteiger partial charge in [0.1, 0.15) is 11.5 Å². The molecule has 0 radical (unpaired) electrons. The van der Waals surface area contributed by atoms with Gasteiger partial charge in [-0.05, 0) is 61.4 Å². The van der Waals surface area contributed by atoms with Gasteiger partial charge in [0.2, 0.25) is 0 Å². The van der Waals surface area contributed by atoms with Crippen LogP contribution in [0.25, 0.3) is 16.9 Å². The van der Waals surface area contributed by atoms with E-state index in [0.717, 1.165) is 47.0 Å². The standard InChI is InChI=1S/C24H28N2O3/c1-5-6-14-25-24(27)22-16-23(18-10-12-20(28-3)13-11-18)26(17(22)2)19-8-7-9-21(15-19)29-4/h7-13,15-16H,5-6,14H2,1-4H3,(H,25,27). The molecule has 0 saturated carbocycles. The number of ether oxygens (including phenoxy) is 2. The Morgan fingerprint density at radius 1 is 1.00 bits per heavy atom. The highest BCUT2D eigenvalue weighted by atomic mass is 16.5. The molecule has 0 spiro atoms. The average Bonchev–Trinajstić information content (AvgIpc) is 3.11. The van der Waals surface area contributed by atoms with E-state index in [1.54, 1.807) is 14.2 Å². The van der Waals surface area contributed by atoms with E-state index in [1.807, 2.05) is 61.5 Å². The van der Waals surface area contributed by atoms with E-state index in [-0.39, 0.29) is 5.91 Å². The van der Waals surface area contributed by atoms with E-state index in [1.165, 1.54) is 0 Å². The maximum atomic E-state index is 12.8. The van der Waals surface area contributed by atoms with Gasteiger partial charge in [-0.2, -0.15) is 0 Å². The summed E-state index contributed by atoms with van der Waals surface area (Å²) in [6.07, 6.45) is 2.01. The van der Waals surface area contributed by atoms with Crippen LogP contribution < -0.4 is 14.8 Å². The monoisotopic (exact) mass is 392 g/mol. The second-order valence-electron chi connectivity index (χ2n) is 6.90. The molecule has 0 unspecified atom stereocenters. The summed E-state index contributed by atoms with van der Waals surface area (Å²) in [6, 6.07) is 17.7. The van der Waals surface area contributed by atoms with Crippen LogP contribution in [0.3, 0.4) is 0 Å². The molecule has 5 nitrogen and oxygen atoms in total. The first-order chi connectivity index (χ1) is 14.1. The van der Waals surface area contributed by atoms with E-state index in [2.05, 4.69) is 16.8 Å². The molecule has 1 N–H and O–H groups in total. The fourth-order valence-corrected chi connectivity index (χ4v) is 3.37. The zero-order valence-corrected chi connectivity index (χ0v) is 17.5. The number of hydrogen-bond acceptors (Lipinski definition) is 3. The molecule has 0 aliphatic carbocycles. The molecule has 1 aromatic heterocycles. The van der Waals surface area contributed by atoms with Crippen LogP contribution in [-0.2, 0) is 0 Å². The van der Waals surface area contributed by atoms with Crippen LogP contribution in [0.1, 0.15) is 35.8 Å². The van der Waals surface area contributed by atoms with Crippen molar-refractivity contribution in [2.75, 3.05) is 20.8 Å². The molecule has 1 amide bonds. The van der Waals surface area contributed by atoms with Crippen LogP contribution in [0, 0.1) is 6.92 Å². The second kappa shape index (κ2) is 9.32. The fraction of sp³-hybridized carbons (Fsp3) is 0.292. The Labute approximate surface area is 172 Å². The van der Waals surface area contributed by atoms with Crippen LogP contribution in [0.5, 0.6) is 11.5 Å². The van der Waals surface area contributed by atoms with Gasteiger partial charge in [0.05, 0.1) is 25.5 Å². The first-order valence-corrected chi connectivity index (χ1v) is 9.88. The number of methoxy groups -OCH3 is 2. The minimum Gasteiger partial charge on any atom is -0.497 e. The molecule has 3 aromatic rings. The summed E-state index contributed by atoms with van der Waals surface area (Å²) in [7, 11) is 3.30. The van der Waals surface area contributed by atoms with Crippen molar-refractivity contribution in [3.8, 4) is 28.4 Å². The molecule has 29 heavy (non-hydrogen) atoms. The van der Waals surface area contributed by atoms with Gasteiger partial charge in [0.25, 0.3) is 5.91 Å². The van der Waals surface area contributed by atoms with Crippen molar-refractivity contribution < 1.29 is 14.3 Å². The molecule has 5 heteroatoms. The maximum absolute atomic E-state index is 12.8. The van der Waals surface area contributed by atoms with Gasteiger partial charge in [0.15, 0.2) is 0 Å². The van der Waals surface area contributed by atoms with Crippen molar-refractivity contribution in [2.24, 2.45) is 0 Å². The van der Waals surface area contributed by atoms with Crippen molar-refractivity contribution >= 4 is 5.91 Å². The molecule has 152 valence electrons. The summed E-state index contributed by atoms with van der Waals surface area (Å²) in [6.45, 7) is 4.76. The molecule has 0 bridgehead atoms. The van der Waals surface area contributed by atoms with Gasteiger partial charge in [0, 0.05) is 24.0 Å². The molecule has 0 aliphatic heterocycles. The largest absolute Gasteiger partial charge is 0.497 e. The predicted octanol–water partition coefficient (Wildman–Crippen LogP) is 5.00. The van der Waals surface area contributed by atoms with Gasteiger partial charge < -0.3 is 19.4 Å². The first kappa shape index (κ1) is 20.5. The molecule has 1 heterocycles. The summed E-state index contributed by atoms with van der Waals surface area (Å²) >= 11 is 0. The van der Waals surface area contributed by atoms with E-state index < -0.39 is 0 Å². The molecule has 0 aliphatic rings. The zero-order valence-electron chi connectivity index (χ0n) is 17.5. The molecular weight excluding hydrogens is 364 g/mol. The minimum atomic E-state index is -0.0487. The second-order valence-corrected chi connectivity index (χ2v) is 6.90. The smallest absolute Gasteiger partial charge is 0.253 e. The van der Waals surface area contributed by atoms with E-state index in [9.17, 15) is 4.79 Å². The van der Waals surface area contributed by atoms with E-state index in [0.29, 0.717) is 12.1 Å². The summed E-state index contributed by atoms with van der Waals surface area (Å²) in [4.78, 5) is 12.8. The van der Waals surface area contributed by atoms with Crippen molar-refractivity contribution in [2.45, 2.75) is 26.7 Å². The lowest BCUT2D eigenvalue weighted by Gasteiger charge is -2.14. The summed E-state index contributed by atoms with van der Waals surface area (Å²) in [5, 5.41) is 3.03. The number of nitrogens with zero attached hydrogens (tertiary/aromatic N) is 1. The SMILES string of the molecule is CCCCNC(=O)c1cc(-c2ccc(OC)cc2)n(-c2cccc(OC)c2)c1C. The maximum Gasteiger partial charge on any atom is 0.253 e. The van der Waals surface area contributed by atoms with Crippen molar-refractivity contribution in [3.63, 3.8) is 0 Å². The number of benzene rings is 2. The normalized spacial score (nSPS) is 10.6. The molecule has 0 atom stereocenters. The predicted molar refractivity (Wildman–Crippen MR) is 116 cm³/mol. The van der Waals surface area contributed by atoms with Gasteiger partial charge in [-0.25, -0.2) is 0 Å². The number of unbranched alkanes of at least 4 members (excludes halogenated alkanes) is 1. The van der Waals surface area contributed by atoms with Crippen molar-refractivity contribution in [3.05, 3.63) is 65.9 Å². The number of rotatable bonds is 8. The highest BCUT2D eigenvalue weighted by Crippen LogP contribution is 2.31. The summed E-state index contributed by atoms with van der Waals surface area (Å²) in [5.41, 5.74) is 4.46. The Kier molecular flexibility index (Phi) is 6.60. The van der Waals surface area contributed by atoms with Gasteiger partial charge >= 0.3 is 0 Å². The average molecular weight is 392 g/mol. The summed E-state index contributed by atoms with van der Waals surface area (Å²) < 4.78 is 12.8. The van der Waals surface area contributed by atoms with Crippen LogP contribution in [0.15, 0.2) is 54.6 Å². The number of carbonyl (C=O) groups excluding carboxylic acids is 1. The molecule has 0 saturated heterocycles. The lowest BCUT2D eigenvalue weighted by atomic mass is 10.1. The highest BCUT2D eigenvalue weighted by molar-refractivity contribution is 5.97. The van der Waals surface area contributed by atoms with Crippen LogP contribution in [-0.4, -0.2) is 31.2 Å². The first-order valence-electron chi connectivity index (χ1n) is 9.88. The number of nitrogens with one attached hydrogen (secondary N) is 1. The van der Waals surface area contributed by atoms with Crippen LogP contribution in [0.4, 0.5) is 0 Å². The van der Waals surface area contributed by atoms with Crippen LogP contribution in [0.2, 0.25) is 0 Å². The Morgan fingerprint density at radius 2 is 1.72 bits per heavy atom. The highest BCUT2D eigenvalue weighted by Gasteiger charge is 2.19. The van der Waals surface area contributed by atoms with E-state index >= 15 is 0 Å². The third kappa shape index (κ3) is 4.45. The topological polar surface area (TPSA) is 52.5 Å². The lowest BCUT2D eigenvalue weighted by Crippen LogP contribution is -2.24. The van der Waals surface area contributed by atoms with Gasteiger partial charge in [-0.3, -0.25) is 4.79 Å². The Morgan fingerprint density at radius 3 is 2.38 bits per heavy atom. The molecule has 0 fully saturated rings. The Bertz CT molecular complexity index is 974. The quantitative estimate of drug-likeness (QED) is 0.549. The van der Waals surface area contributed by atoms with E-state index in [4.69, 9.17) is 9.47 Å². The minimum absolute atomic E-state index is 0.0487. The van der Waals surface area contributed by atoms with Gasteiger partial charge in [-0.1, -0.05) is 19.4 Å². The molecule has 2 aromatic carbocycles. The fourth-order valence-electron chi connectivity index (χ4n) is 3.37. The number of carbonyl (C=O) groups is 1. The Balaban J connectivity index is 2.11. The molecular formula is C24H28N2O3. The van der Waals surface area contributed by atoms with Crippen LogP contribution >= 0.6 is 0 Å². The lowest BCUT2D eigenvalue weighted by molar-refractivity contribution is 0.0952. The molecule has 3 rings (SSSR count). The third-order valence-electron chi connectivity index (χ3n) is 5.00. The Hall–Kier alpha value is -3.21. The number of hydrogen-bond donors (Lipinski definition) is 1. The van der Waals surface area contributed by atoms with Crippen molar-refractivity contribution in [1.29, 1.82) is 0 Å². The van der Waals surface area contributed by atoms with Gasteiger partial charge in [-0.15, -0.1) is 0 Å². The van der Waals surface area contributed by atoms with Crippen molar-refractivity contribution in [1.82, 2.24) is 9.88 Å². The number of amides is 1. The number of aromatic nitrogens is 1.